The SMILES string of the molecule is CC.CC.CCc1cc(C)cc(CC)c1C1=C(C)CCCC1=O. The fourth-order valence-corrected chi connectivity index (χ4v) is 3.18. The van der Waals surface area contributed by atoms with Gasteiger partial charge in [-0.15, -0.1) is 0 Å². The largest absolute Gasteiger partial charge is 0.294 e. The number of allylic oxidation sites excluding steroid dienone is 2. The lowest BCUT2D eigenvalue weighted by Gasteiger charge is -2.22. The molecule has 0 amide bonds. The Morgan fingerprint density at radius 3 is 1.74 bits per heavy atom. The number of benzene rings is 1. The first kappa shape index (κ1) is 21.6. The van der Waals surface area contributed by atoms with Crippen molar-refractivity contribution >= 4 is 11.4 Å². The first-order valence-electron chi connectivity index (χ1n) is 9.44. The first-order chi connectivity index (χ1) is 11.1. The summed E-state index contributed by atoms with van der Waals surface area (Å²) in [7, 11) is 0. The van der Waals surface area contributed by atoms with E-state index >= 15 is 0 Å². The standard InChI is InChI=1S/C18H24O.2C2H6/c1-5-14-10-12(3)11-15(6-2)18(14)17-13(4)8-7-9-16(17)19;2*1-2/h10-11H,5-9H2,1-4H3;2*1-2H3. The first-order valence-corrected chi connectivity index (χ1v) is 9.44. The molecule has 0 saturated heterocycles. The topological polar surface area (TPSA) is 17.1 Å². The fourth-order valence-electron chi connectivity index (χ4n) is 3.18. The summed E-state index contributed by atoms with van der Waals surface area (Å²) in [5.74, 6) is 0.344. The van der Waals surface area contributed by atoms with Gasteiger partial charge in [-0.3, -0.25) is 4.79 Å². The highest BCUT2D eigenvalue weighted by Gasteiger charge is 2.23. The molecule has 1 aliphatic carbocycles. The zero-order valence-electron chi connectivity index (χ0n) is 16.6. The highest BCUT2D eigenvalue weighted by molar-refractivity contribution is 6.23. The molecule has 1 heteroatoms. The summed E-state index contributed by atoms with van der Waals surface area (Å²) in [4.78, 5) is 12.4. The molecule has 23 heavy (non-hydrogen) atoms. The van der Waals surface area contributed by atoms with Crippen molar-refractivity contribution in [2.45, 2.75) is 87.5 Å². The van der Waals surface area contributed by atoms with Gasteiger partial charge in [0.15, 0.2) is 5.78 Å². The monoisotopic (exact) mass is 316 g/mol. The van der Waals surface area contributed by atoms with Crippen LogP contribution in [0.3, 0.4) is 0 Å². The van der Waals surface area contributed by atoms with Gasteiger partial charge in [0.1, 0.15) is 0 Å². The lowest BCUT2D eigenvalue weighted by atomic mass is 9.81. The second-order valence-corrected chi connectivity index (χ2v) is 5.60. The Hall–Kier alpha value is -1.37. The molecule has 0 aromatic heterocycles. The van der Waals surface area contributed by atoms with Crippen LogP contribution in [0.15, 0.2) is 17.7 Å². The van der Waals surface area contributed by atoms with E-state index in [9.17, 15) is 4.79 Å². The van der Waals surface area contributed by atoms with E-state index in [4.69, 9.17) is 0 Å². The van der Waals surface area contributed by atoms with E-state index in [0.717, 1.165) is 31.3 Å². The van der Waals surface area contributed by atoms with Gasteiger partial charge in [0.2, 0.25) is 0 Å². The third-order valence-corrected chi connectivity index (χ3v) is 4.12. The van der Waals surface area contributed by atoms with E-state index in [2.05, 4.69) is 39.8 Å². The van der Waals surface area contributed by atoms with Crippen LogP contribution < -0.4 is 0 Å². The number of carbonyl (C=O) groups is 1. The third kappa shape index (κ3) is 5.34. The normalized spacial score (nSPS) is 13.8. The molecule has 0 saturated carbocycles. The Balaban J connectivity index is 0.00000112. The van der Waals surface area contributed by atoms with Gasteiger partial charge in [0.05, 0.1) is 0 Å². The molecule has 0 radical (unpaired) electrons. The van der Waals surface area contributed by atoms with Crippen molar-refractivity contribution in [3.05, 3.63) is 40.0 Å². The third-order valence-electron chi connectivity index (χ3n) is 4.12. The van der Waals surface area contributed by atoms with Gasteiger partial charge in [0, 0.05) is 12.0 Å². The van der Waals surface area contributed by atoms with Gasteiger partial charge in [-0.2, -0.15) is 0 Å². The Kier molecular flexibility index (Phi) is 10.5. The van der Waals surface area contributed by atoms with Gasteiger partial charge in [-0.05, 0) is 56.2 Å². The highest BCUT2D eigenvalue weighted by atomic mass is 16.1. The lowest BCUT2D eigenvalue weighted by Crippen LogP contribution is -2.13. The zero-order chi connectivity index (χ0) is 18.0. The number of Topliss-reactive ketones (excluding diaryl/α,β-unsaturated/α-hetero) is 1. The molecule has 1 aromatic carbocycles. The van der Waals surface area contributed by atoms with E-state index in [1.54, 1.807) is 0 Å². The van der Waals surface area contributed by atoms with Crippen molar-refractivity contribution < 1.29 is 4.79 Å². The molecular formula is C22H36O. The summed E-state index contributed by atoms with van der Waals surface area (Å²) in [5.41, 5.74) is 7.53. The van der Waals surface area contributed by atoms with Crippen LogP contribution in [-0.2, 0) is 17.6 Å². The summed E-state index contributed by atoms with van der Waals surface area (Å²) in [6.07, 6.45) is 4.79. The lowest BCUT2D eigenvalue weighted by molar-refractivity contribution is -0.114. The zero-order valence-corrected chi connectivity index (χ0v) is 16.6. The second kappa shape index (κ2) is 11.2. The van der Waals surface area contributed by atoms with E-state index in [0.29, 0.717) is 12.2 Å². The van der Waals surface area contributed by atoms with Crippen molar-refractivity contribution in [1.82, 2.24) is 0 Å². The highest BCUT2D eigenvalue weighted by Crippen LogP contribution is 2.34. The molecule has 0 aliphatic heterocycles. The molecule has 2 rings (SSSR count). The maximum atomic E-state index is 12.4. The van der Waals surface area contributed by atoms with Crippen LogP contribution in [-0.4, -0.2) is 5.78 Å². The quantitative estimate of drug-likeness (QED) is 0.606. The Morgan fingerprint density at radius 1 is 0.870 bits per heavy atom. The average Bonchev–Trinajstić information content (AvgIpc) is 2.58. The van der Waals surface area contributed by atoms with Gasteiger partial charge < -0.3 is 0 Å². The van der Waals surface area contributed by atoms with Crippen molar-refractivity contribution in [3.8, 4) is 0 Å². The van der Waals surface area contributed by atoms with Gasteiger partial charge in [-0.25, -0.2) is 0 Å². The van der Waals surface area contributed by atoms with Crippen LogP contribution >= 0.6 is 0 Å². The van der Waals surface area contributed by atoms with E-state index < -0.39 is 0 Å². The number of ketones is 1. The predicted molar refractivity (Wildman–Crippen MR) is 104 cm³/mol. The molecule has 1 aromatic rings. The summed E-state index contributed by atoms with van der Waals surface area (Å²) < 4.78 is 0. The second-order valence-electron chi connectivity index (χ2n) is 5.60. The maximum absolute atomic E-state index is 12.4. The smallest absolute Gasteiger partial charge is 0.163 e. The minimum atomic E-state index is 0.344. The van der Waals surface area contributed by atoms with Crippen LogP contribution in [0.1, 0.15) is 90.0 Å². The van der Waals surface area contributed by atoms with Crippen molar-refractivity contribution in [3.63, 3.8) is 0 Å². The van der Waals surface area contributed by atoms with Crippen LogP contribution in [0.5, 0.6) is 0 Å². The van der Waals surface area contributed by atoms with Crippen LogP contribution in [0.2, 0.25) is 0 Å². The van der Waals surface area contributed by atoms with Gasteiger partial charge >= 0.3 is 0 Å². The summed E-state index contributed by atoms with van der Waals surface area (Å²) in [6.45, 7) is 16.6. The van der Waals surface area contributed by atoms with Crippen LogP contribution in [0, 0.1) is 6.92 Å². The number of hydrogen-bond acceptors (Lipinski definition) is 1. The minimum Gasteiger partial charge on any atom is -0.294 e. The Morgan fingerprint density at radius 2 is 1.35 bits per heavy atom. The fraction of sp³-hybridized carbons (Fsp3) is 0.591. The molecule has 1 nitrogen and oxygen atoms in total. The van der Waals surface area contributed by atoms with Crippen LogP contribution in [0.4, 0.5) is 0 Å². The number of hydrogen-bond donors (Lipinski definition) is 0. The molecule has 0 N–H and O–H groups in total. The summed E-state index contributed by atoms with van der Waals surface area (Å²) >= 11 is 0. The van der Waals surface area contributed by atoms with Crippen LogP contribution in [0.25, 0.3) is 5.57 Å². The summed E-state index contributed by atoms with van der Waals surface area (Å²) in [6, 6.07) is 4.49. The molecule has 0 atom stereocenters. The number of carbonyl (C=O) groups excluding carboxylic acids is 1. The van der Waals surface area contributed by atoms with E-state index in [1.807, 2.05) is 27.7 Å². The molecule has 0 bridgehead atoms. The van der Waals surface area contributed by atoms with E-state index in [1.165, 1.54) is 27.8 Å². The van der Waals surface area contributed by atoms with Crippen molar-refractivity contribution in [2.75, 3.05) is 0 Å². The molecular weight excluding hydrogens is 280 g/mol. The summed E-state index contributed by atoms with van der Waals surface area (Å²) in [5, 5.41) is 0. The molecule has 1 aliphatic rings. The average molecular weight is 317 g/mol. The number of aryl methyl sites for hydroxylation is 3. The molecule has 0 fully saturated rings. The molecule has 0 unspecified atom stereocenters. The molecule has 130 valence electrons. The molecule has 0 heterocycles. The predicted octanol–water partition coefficient (Wildman–Crippen LogP) is 6.70. The minimum absolute atomic E-state index is 0.344. The maximum Gasteiger partial charge on any atom is 0.163 e. The van der Waals surface area contributed by atoms with Crippen molar-refractivity contribution in [2.24, 2.45) is 0 Å². The van der Waals surface area contributed by atoms with Crippen molar-refractivity contribution in [1.29, 1.82) is 0 Å². The van der Waals surface area contributed by atoms with Gasteiger partial charge in [0.25, 0.3) is 0 Å². The Bertz CT molecular complexity index is 510. The van der Waals surface area contributed by atoms with Gasteiger partial charge in [-0.1, -0.05) is 64.8 Å². The van der Waals surface area contributed by atoms with E-state index in [-0.39, 0.29) is 0 Å². The number of rotatable bonds is 3. The molecule has 0 spiro atoms. The Labute approximate surface area is 144 Å².